The summed E-state index contributed by atoms with van der Waals surface area (Å²) in [6.07, 6.45) is 0.644. The molecule has 1 rings (SSSR count). The van der Waals surface area contributed by atoms with Gasteiger partial charge in [-0.05, 0) is 38.0 Å². The van der Waals surface area contributed by atoms with Crippen LogP contribution in [0, 0.1) is 12.3 Å². The highest BCUT2D eigenvalue weighted by molar-refractivity contribution is 5.98. The van der Waals surface area contributed by atoms with Crippen LogP contribution in [0.25, 0.3) is 0 Å². The number of hydrogen-bond acceptors (Lipinski definition) is 4. The summed E-state index contributed by atoms with van der Waals surface area (Å²) in [6.45, 7) is 5.78. The Bertz CT molecular complexity index is 508. The van der Waals surface area contributed by atoms with Crippen LogP contribution >= 0.6 is 0 Å². The molecule has 0 heterocycles. The minimum Gasteiger partial charge on any atom is -0.465 e. The second-order valence-corrected chi connectivity index (χ2v) is 5.04. The first-order valence-electron chi connectivity index (χ1n) is 6.59. The maximum absolute atomic E-state index is 12.3. The number of methoxy groups -OCH3 is 1. The number of carbonyl (C=O) groups excluding carboxylic acids is 2. The minimum atomic E-state index is -0.617. The summed E-state index contributed by atoms with van der Waals surface area (Å²) in [5, 5.41) is 2.85. The van der Waals surface area contributed by atoms with Crippen molar-refractivity contribution in [1.29, 1.82) is 0 Å². The van der Waals surface area contributed by atoms with Gasteiger partial charge in [-0.15, -0.1) is 0 Å². The first-order valence-corrected chi connectivity index (χ1v) is 6.59. The number of ether oxygens (including phenoxy) is 1. The molecule has 20 heavy (non-hydrogen) atoms. The Hall–Kier alpha value is -1.88. The number of amides is 1. The standard InChI is InChI=1S/C15H22N2O3/c1-5-15(3,9-16)14(19)17-12-8-6-7-11(10(12)2)13(18)20-4/h6-8H,5,9,16H2,1-4H3,(H,17,19). The lowest BCUT2D eigenvalue weighted by Gasteiger charge is -2.25. The molecule has 1 aromatic carbocycles. The molecule has 0 aromatic heterocycles. The molecule has 0 fully saturated rings. The van der Waals surface area contributed by atoms with E-state index >= 15 is 0 Å². The van der Waals surface area contributed by atoms with Crippen molar-refractivity contribution >= 4 is 17.6 Å². The zero-order valence-corrected chi connectivity index (χ0v) is 12.4. The molecule has 0 saturated carbocycles. The Morgan fingerprint density at radius 3 is 2.55 bits per heavy atom. The molecule has 1 unspecified atom stereocenters. The van der Waals surface area contributed by atoms with Crippen LogP contribution in [0.3, 0.4) is 0 Å². The van der Waals surface area contributed by atoms with Crippen molar-refractivity contribution < 1.29 is 14.3 Å². The van der Waals surface area contributed by atoms with Crippen LogP contribution < -0.4 is 11.1 Å². The molecule has 1 atom stereocenters. The first kappa shape index (κ1) is 16.2. The third kappa shape index (κ3) is 3.17. The van der Waals surface area contributed by atoms with Gasteiger partial charge >= 0.3 is 5.97 Å². The third-order valence-electron chi connectivity index (χ3n) is 3.77. The predicted molar refractivity (Wildman–Crippen MR) is 78.6 cm³/mol. The van der Waals surface area contributed by atoms with Crippen LogP contribution in [0.4, 0.5) is 5.69 Å². The number of hydrogen-bond donors (Lipinski definition) is 2. The van der Waals surface area contributed by atoms with Gasteiger partial charge in [-0.2, -0.15) is 0 Å². The smallest absolute Gasteiger partial charge is 0.338 e. The van der Waals surface area contributed by atoms with E-state index in [-0.39, 0.29) is 12.5 Å². The fourth-order valence-electron chi connectivity index (χ4n) is 1.77. The van der Waals surface area contributed by atoms with Gasteiger partial charge in [-0.25, -0.2) is 4.79 Å². The van der Waals surface area contributed by atoms with E-state index in [0.717, 1.165) is 0 Å². The lowest BCUT2D eigenvalue weighted by Crippen LogP contribution is -2.39. The van der Waals surface area contributed by atoms with Crippen LogP contribution in [0.1, 0.15) is 36.2 Å². The summed E-state index contributed by atoms with van der Waals surface area (Å²) in [4.78, 5) is 23.9. The van der Waals surface area contributed by atoms with Gasteiger partial charge in [0.25, 0.3) is 0 Å². The third-order valence-corrected chi connectivity index (χ3v) is 3.77. The van der Waals surface area contributed by atoms with Crippen molar-refractivity contribution in [2.24, 2.45) is 11.1 Å². The molecule has 0 bridgehead atoms. The van der Waals surface area contributed by atoms with Crippen molar-refractivity contribution in [2.75, 3.05) is 19.0 Å². The number of esters is 1. The van der Waals surface area contributed by atoms with Crippen LogP contribution in [0.5, 0.6) is 0 Å². The molecule has 0 aliphatic heterocycles. The largest absolute Gasteiger partial charge is 0.465 e. The highest BCUT2D eigenvalue weighted by Crippen LogP contribution is 2.25. The Balaban J connectivity index is 3.05. The highest BCUT2D eigenvalue weighted by Gasteiger charge is 2.30. The van der Waals surface area contributed by atoms with Gasteiger partial charge in [0, 0.05) is 12.2 Å². The van der Waals surface area contributed by atoms with Gasteiger partial charge in [0.1, 0.15) is 0 Å². The number of benzene rings is 1. The summed E-state index contributed by atoms with van der Waals surface area (Å²) < 4.78 is 4.72. The lowest BCUT2D eigenvalue weighted by molar-refractivity contribution is -0.124. The van der Waals surface area contributed by atoms with E-state index in [9.17, 15) is 9.59 Å². The first-order chi connectivity index (χ1) is 9.39. The lowest BCUT2D eigenvalue weighted by atomic mass is 9.86. The van der Waals surface area contributed by atoms with Crippen LogP contribution in [-0.4, -0.2) is 25.5 Å². The fourth-order valence-corrected chi connectivity index (χ4v) is 1.77. The van der Waals surface area contributed by atoms with E-state index in [1.165, 1.54) is 7.11 Å². The Morgan fingerprint density at radius 2 is 2.05 bits per heavy atom. The van der Waals surface area contributed by atoms with E-state index in [4.69, 9.17) is 10.5 Å². The molecular formula is C15H22N2O3. The van der Waals surface area contributed by atoms with Crippen LogP contribution in [0.15, 0.2) is 18.2 Å². The van der Waals surface area contributed by atoms with Gasteiger partial charge in [-0.3, -0.25) is 4.79 Å². The molecule has 5 nitrogen and oxygen atoms in total. The SMILES string of the molecule is CCC(C)(CN)C(=O)Nc1cccc(C(=O)OC)c1C. The summed E-state index contributed by atoms with van der Waals surface area (Å²) in [7, 11) is 1.33. The topological polar surface area (TPSA) is 81.4 Å². The molecule has 1 amide bonds. The molecule has 3 N–H and O–H groups in total. The van der Waals surface area contributed by atoms with Crippen molar-refractivity contribution in [3.8, 4) is 0 Å². The molecule has 1 aromatic rings. The molecular weight excluding hydrogens is 256 g/mol. The second kappa shape index (κ2) is 6.52. The predicted octanol–water partition coefficient (Wildman–Crippen LogP) is 2.10. The summed E-state index contributed by atoms with van der Waals surface area (Å²) in [5.74, 6) is -0.566. The number of rotatable bonds is 5. The monoisotopic (exact) mass is 278 g/mol. The minimum absolute atomic E-state index is 0.146. The van der Waals surface area contributed by atoms with Crippen molar-refractivity contribution in [2.45, 2.75) is 27.2 Å². The van der Waals surface area contributed by atoms with Crippen LogP contribution in [-0.2, 0) is 9.53 Å². The molecule has 0 aliphatic rings. The number of carbonyl (C=O) groups is 2. The maximum atomic E-state index is 12.3. The summed E-state index contributed by atoms with van der Waals surface area (Å²) in [5.41, 5.74) is 6.78. The zero-order valence-electron chi connectivity index (χ0n) is 12.4. The quantitative estimate of drug-likeness (QED) is 0.808. The average molecular weight is 278 g/mol. The number of nitrogens with two attached hydrogens (primary N) is 1. The van der Waals surface area contributed by atoms with E-state index in [2.05, 4.69) is 5.32 Å². The zero-order chi connectivity index (χ0) is 15.3. The maximum Gasteiger partial charge on any atom is 0.338 e. The molecule has 0 radical (unpaired) electrons. The number of nitrogens with one attached hydrogen (secondary N) is 1. The van der Waals surface area contributed by atoms with Crippen molar-refractivity contribution in [3.05, 3.63) is 29.3 Å². The molecule has 0 spiro atoms. The fraction of sp³-hybridized carbons (Fsp3) is 0.467. The van der Waals surface area contributed by atoms with Gasteiger partial charge in [0.15, 0.2) is 0 Å². The van der Waals surface area contributed by atoms with Gasteiger partial charge in [0.2, 0.25) is 5.91 Å². The van der Waals surface area contributed by atoms with E-state index < -0.39 is 11.4 Å². The Morgan fingerprint density at radius 1 is 1.40 bits per heavy atom. The molecule has 110 valence electrons. The second-order valence-electron chi connectivity index (χ2n) is 5.04. The van der Waals surface area contributed by atoms with Gasteiger partial charge in [0.05, 0.1) is 18.1 Å². The van der Waals surface area contributed by atoms with Gasteiger partial charge in [-0.1, -0.05) is 13.0 Å². The van der Waals surface area contributed by atoms with Crippen molar-refractivity contribution in [3.63, 3.8) is 0 Å². The Kier molecular flexibility index (Phi) is 5.27. The van der Waals surface area contributed by atoms with Gasteiger partial charge < -0.3 is 15.8 Å². The highest BCUT2D eigenvalue weighted by atomic mass is 16.5. The summed E-state index contributed by atoms with van der Waals surface area (Å²) in [6, 6.07) is 5.13. The number of anilines is 1. The molecule has 0 aliphatic carbocycles. The van der Waals surface area contributed by atoms with Crippen LogP contribution in [0.2, 0.25) is 0 Å². The van der Waals surface area contributed by atoms with Crippen molar-refractivity contribution in [1.82, 2.24) is 0 Å². The van der Waals surface area contributed by atoms with E-state index in [0.29, 0.717) is 23.2 Å². The van der Waals surface area contributed by atoms with E-state index in [1.54, 1.807) is 25.1 Å². The summed E-state index contributed by atoms with van der Waals surface area (Å²) >= 11 is 0. The molecule has 0 saturated heterocycles. The molecule has 5 heteroatoms. The normalized spacial score (nSPS) is 13.4. The Labute approximate surface area is 119 Å². The average Bonchev–Trinajstić information content (AvgIpc) is 2.47. The van der Waals surface area contributed by atoms with E-state index in [1.807, 2.05) is 13.8 Å².